The van der Waals surface area contributed by atoms with E-state index in [9.17, 15) is 14.4 Å². The number of likely N-dealkylation sites (tertiary alicyclic amines) is 1. The molecule has 9 heteroatoms. The number of furan rings is 1. The van der Waals surface area contributed by atoms with Crippen LogP contribution >= 0.6 is 0 Å². The van der Waals surface area contributed by atoms with Crippen LogP contribution in [0.25, 0.3) is 11.5 Å². The molecular formula is C18H19N5O4. The average molecular weight is 369 g/mol. The van der Waals surface area contributed by atoms with Crippen molar-refractivity contribution >= 4 is 23.5 Å². The number of imide groups is 1. The second-order valence-electron chi connectivity index (χ2n) is 6.50. The largest absolute Gasteiger partial charge is 0.463 e. The van der Waals surface area contributed by atoms with Crippen LogP contribution in [-0.2, 0) is 14.4 Å². The van der Waals surface area contributed by atoms with E-state index in [1.165, 1.54) is 0 Å². The number of rotatable bonds is 4. The van der Waals surface area contributed by atoms with Gasteiger partial charge in [0.05, 0.1) is 6.26 Å². The van der Waals surface area contributed by atoms with E-state index in [0.717, 1.165) is 10.7 Å². The number of aromatic nitrogens is 2. The molecule has 2 aromatic heterocycles. The van der Waals surface area contributed by atoms with Gasteiger partial charge in [0.1, 0.15) is 12.2 Å². The van der Waals surface area contributed by atoms with Crippen LogP contribution in [0.1, 0.15) is 12.8 Å². The summed E-state index contributed by atoms with van der Waals surface area (Å²) in [5.74, 6) is 0.674. The molecule has 0 spiro atoms. The van der Waals surface area contributed by atoms with Crippen LogP contribution in [0.2, 0.25) is 0 Å². The minimum atomic E-state index is -0.265. The minimum Gasteiger partial charge on any atom is -0.463 e. The summed E-state index contributed by atoms with van der Waals surface area (Å²) in [6, 6.07) is 7.35. The molecule has 2 aliphatic rings. The molecule has 4 rings (SSSR count). The molecule has 3 amide bonds. The lowest BCUT2D eigenvalue weighted by Crippen LogP contribution is -2.52. The molecule has 0 saturated carbocycles. The predicted molar refractivity (Wildman–Crippen MR) is 94.5 cm³/mol. The first-order chi connectivity index (χ1) is 13.1. The van der Waals surface area contributed by atoms with E-state index in [1.54, 1.807) is 17.2 Å². The van der Waals surface area contributed by atoms with E-state index in [4.69, 9.17) is 4.42 Å². The number of amides is 3. The van der Waals surface area contributed by atoms with Gasteiger partial charge in [-0.2, -0.15) is 0 Å². The Hall–Kier alpha value is -3.23. The molecule has 140 valence electrons. The normalized spacial score (nSPS) is 17.7. The first-order valence-corrected chi connectivity index (χ1v) is 8.85. The van der Waals surface area contributed by atoms with E-state index in [-0.39, 0.29) is 37.1 Å². The molecule has 9 nitrogen and oxygen atoms in total. The van der Waals surface area contributed by atoms with Crippen LogP contribution in [0.15, 0.2) is 34.9 Å². The molecule has 0 unspecified atom stereocenters. The fraction of sp³-hybridized carbons (Fsp3) is 0.389. The molecule has 0 N–H and O–H groups in total. The van der Waals surface area contributed by atoms with Crippen LogP contribution in [-0.4, -0.2) is 70.4 Å². The van der Waals surface area contributed by atoms with Gasteiger partial charge in [-0.15, -0.1) is 10.2 Å². The Labute approximate surface area is 155 Å². The third kappa shape index (κ3) is 3.53. The summed E-state index contributed by atoms with van der Waals surface area (Å²) in [6.07, 6.45) is 1.99. The number of anilines is 1. The molecule has 4 heterocycles. The molecule has 2 aromatic rings. The highest BCUT2D eigenvalue weighted by molar-refractivity contribution is 6.04. The Morgan fingerprint density at radius 2 is 1.74 bits per heavy atom. The standard InChI is InChI=1S/C18H19N5O4/c24-16-5-6-17(25)23(16)12-18(26)22-9-7-21(8-10-22)15-4-3-13(19-20-15)14-2-1-11-27-14/h1-4,11H,5-10,12H2. The fourth-order valence-electron chi connectivity index (χ4n) is 3.27. The second-order valence-corrected chi connectivity index (χ2v) is 6.50. The smallest absolute Gasteiger partial charge is 0.242 e. The van der Waals surface area contributed by atoms with E-state index in [2.05, 4.69) is 15.1 Å². The summed E-state index contributed by atoms with van der Waals surface area (Å²) in [7, 11) is 0. The van der Waals surface area contributed by atoms with Crippen LogP contribution in [0.4, 0.5) is 5.82 Å². The van der Waals surface area contributed by atoms with Crippen molar-refractivity contribution < 1.29 is 18.8 Å². The zero-order chi connectivity index (χ0) is 18.8. The number of hydrogen-bond acceptors (Lipinski definition) is 7. The average Bonchev–Trinajstić information content (AvgIpc) is 3.34. The maximum Gasteiger partial charge on any atom is 0.242 e. The Bertz CT molecular complexity index is 825. The summed E-state index contributed by atoms with van der Waals surface area (Å²) in [6.45, 7) is 2.09. The summed E-state index contributed by atoms with van der Waals surface area (Å²) >= 11 is 0. The quantitative estimate of drug-likeness (QED) is 0.725. The first kappa shape index (κ1) is 17.2. The lowest BCUT2D eigenvalue weighted by atomic mass is 10.2. The molecule has 0 bridgehead atoms. The third-order valence-electron chi connectivity index (χ3n) is 4.83. The molecule has 0 aliphatic carbocycles. The molecule has 0 atom stereocenters. The molecule has 27 heavy (non-hydrogen) atoms. The number of piperazine rings is 1. The maximum absolute atomic E-state index is 12.4. The van der Waals surface area contributed by atoms with Gasteiger partial charge in [0, 0.05) is 39.0 Å². The zero-order valence-corrected chi connectivity index (χ0v) is 14.7. The third-order valence-corrected chi connectivity index (χ3v) is 4.83. The SMILES string of the molecule is O=C(CN1C(=O)CCC1=O)N1CCN(c2ccc(-c3ccco3)nn2)CC1. The number of carbonyl (C=O) groups is 3. The van der Waals surface area contributed by atoms with Crippen molar-refractivity contribution in [1.82, 2.24) is 20.0 Å². The van der Waals surface area contributed by atoms with Crippen molar-refractivity contribution in [2.75, 3.05) is 37.6 Å². The van der Waals surface area contributed by atoms with Gasteiger partial charge in [-0.1, -0.05) is 0 Å². The summed E-state index contributed by atoms with van der Waals surface area (Å²) in [5.41, 5.74) is 0.664. The molecular weight excluding hydrogens is 350 g/mol. The van der Waals surface area contributed by atoms with Gasteiger partial charge in [-0.3, -0.25) is 19.3 Å². The van der Waals surface area contributed by atoms with Crippen molar-refractivity contribution in [3.05, 3.63) is 30.5 Å². The van der Waals surface area contributed by atoms with Crippen LogP contribution in [0.5, 0.6) is 0 Å². The lowest BCUT2D eigenvalue weighted by molar-refractivity contribution is -0.145. The fourth-order valence-corrected chi connectivity index (χ4v) is 3.27. The van der Waals surface area contributed by atoms with E-state index >= 15 is 0 Å². The minimum absolute atomic E-state index is 0.157. The number of hydrogen-bond donors (Lipinski definition) is 0. The van der Waals surface area contributed by atoms with Crippen molar-refractivity contribution in [3.8, 4) is 11.5 Å². The Morgan fingerprint density at radius 1 is 1.00 bits per heavy atom. The van der Waals surface area contributed by atoms with Crippen molar-refractivity contribution in [2.45, 2.75) is 12.8 Å². The van der Waals surface area contributed by atoms with Crippen LogP contribution in [0, 0.1) is 0 Å². The first-order valence-electron chi connectivity index (χ1n) is 8.85. The van der Waals surface area contributed by atoms with E-state index in [0.29, 0.717) is 37.6 Å². The van der Waals surface area contributed by atoms with Crippen LogP contribution < -0.4 is 4.90 Å². The summed E-state index contributed by atoms with van der Waals surface area (Å²) in [5, 5.41) is 8.43. The van der Waals surface area contributed by atoms with E-state index in [1.807, 2.05) is 18.2 Å². The highest BCUT2D eigenvalue weighted by Gasteiger charge is 2.32. The van der Waals surface area contributed by atoms with Gasteiger partial charge in [0.25, 0.3) is 0 Å². The molecule has 0 radical (unpaired) electrons. The maximum atomic E-state index is 12.4. The van der Waals surface area contributed by atoms with Gasteiger partial charge in [0.2, 0.25) is 17.7 Å². The molecule has 2 fully saturated rings. The molecule has 2 aliphatic heterocycles. The highest BCUT2D eigenvalue weighted by atomic mass is 16.3. The molecule has 0 aromatic carbocycles. The Morgan fingerprint density at radius 3 is 2.33 bits per heavy atom. The number of carbonyl (C=O) groups excluding carboxylic acids is 3. The lowest BCUT2D eigenvalue weighted by Gasteiger charge is -2.35. The van der Waals surface area contributed by atoms with Crippen molar-refractivity contribution in [1.29, 1.82) is 0 Å². The van der Waals surface area contributed by atoms with Gasteiger partial charge in [-0.05, 0) is 24.3 Å². The molecule has 2 saturated heterocycles. The van der Waals surface area contributed by atoms with Gasteiger partial charge in [-0.25, -0.2) is 0 Å². The Balaban J connectivity index is 1.33. The van der Waals surface area contributed by atoms with Gasteiger partial charge < -0.3 is 14.2 Å². The van der Waals surface area contributed by atoms with Crippen LogP contribution in [0.3, 0.4) is 0 Å². The monoisotopic (exact) mass is 369 g/mol. The van der Waals surface area contributed by atoms with Gasteiger partial charge in [0.15, 0.2) is 11.6 Å². The Kier molecular flexibility index (Phi) is 4.57. The van der Waals surface area contributed by atoms with Crippen molar-refractivity contribution in [2.24, 2.45) is 0 Å². The van der Waals surface area contributed by atoms with E-state index < -0.39 is 0 Å². The van der Waals surface area contributed by atoms with Gasteiger partial charge >= 0.3 is 0 Å². The predicted octanol–water partition coefficient (Wildman–Crippen LogP) is 0.534. The highest BCUT2D eigenvalue weighted by Crippen LogP contribution is 2.20. The summed E-state index contributed by atoms with van der Waals surface area (Å²) in [4.78, 5) is 40.5. The summed E-state index contributed by atoms with van der Waals surface area (Å²) < 4.78 is 5.30. The zero-order valence-electron chi connectivity index (χ0n) is 14.7. The topological polar surface area (TPSA) is 99.9 Å². The van der Waals surface area contributed by atoms with Crippen molar-refractivity contribution in [3.63, 3.8) is 0 Å². The number of nitrogens with zero attached hydrogens (tertiary/aromatic N) is 5. The second kappa shape index (κ2) is 7.18.